The average Bonchev–Trinajstić information content (AvgIpc) is 3.15. The molecule has 6 heteroatoms. The zero-order valence-corrected chi connectivity index (χ0v) is 12.5. The molecule has 0 spiro atoms. The highest BCUT2D eigenvalue weighted by Crippen LogP contribution is 2.23. The van der Waals surface area contributed by atoms with Crippen LogP contribution < -0.4 is 0 Å². The van der Waals surface area contributed by atoms with E-state index in [1.54, 1.807) is 6.20 Å². The Hall–Kier alpha value is -2.11. The van der Waals surface area contributed by atoms with E-state index in [-0.39, 0.29) is 11.9 Å². The molecule has 1 N–H and O–H groups in total. The summed E-state index contributed by atoms with van der Waals surface area (Å²) in [5.41, 5.74) is 2.77. The van der Waals surface area contributed by atoms with E-state index in [0.29, 0.717) is 12.1 Å². The summed E-state index contributed by atoms with van der Waals surface area (Å²) in [4.78, 5) is 14.6. The highest BCUT2D eigenvalue weighted by atomic mass is 16.2. The number of nitrogens with one attached hydrogen (secondary N) is 1. The molecule has 3 heterocycles. The van der Waals surface area contributed by atoms with Crippen molar-refractivity contribution >= 4 is 5.91 Å². The van der Waals surface area contributed by atoms with Crippen molar-refractivity contribution in [3.63, 3.8) is 0 Å². The average molecular weight is 287 g/mol. The number of carbonyl (C=O) groups excluding carboxylic acids is 1. The van der Waals surface area contributed by atoms with Gasteiger partial charge in [-0.3, -0.25) is 14.6 Å². The number of likely N-dealkylation sites (tertiary alicyclic amines) is 1. The molecule has 1 saturated heterocycles. The van der Waals surface area contributed by atoms with Gasteiger partial charge in [-0.15, -0.1) is 0 Å². The van der Waals surface area contributed by atoms with E-state index in [9.17, 15) is 4.79 Å². The lowest BCUT2D eigenvalue weighted by Gasteiger charge is -2.32. The number of aromatic nitrogens is 4. The first-order chi connectivity index (χ1) is 10.2. The highest BCUT2D eigenvalue weighted by Gasteiger charge is 2.27. The van der Waals surface area contributed by atoms with Crippen LogP contribution in [0.1, 0.15) is 47.4 Å². The second-order valence-corrected chi connectivity index (χ2v) is 5.66. The van der Waals surface area contributed by atoms with Crippen LogP contribution in [0.15, 0.2) is 18.6 Å². The molecule has 2 aromatic heterocycles. The third-order valence-corrected chi connectivity index (χ3v) is 4.09. The number of aromatic amines is 1. The number of carbonyl (C=O) groups is 1. The minimum atomic E-state index is 0.0779. The molecule has 0 bridgehead atoms. The predicted octanol–water partition coefficient (Wildman–Crippen LogP) is 1.95. The van der Waals surface area contributed by atoms with Crippen molar-refractivity contribution in [2.24, 2.45) is 0 Å². The van der Waals surface area contributed by atoms with Gasteiger partial charge in [0.05, 0.1) is 24.0 Å². The number of amides is 1. The number of hydrogen-bond acceptors (Lipinski definition) is 3. The molecule has 1 amide bonds. The van der Waals surface area contributed by atoms with Crippen LogP contribution in [0, 0.1) is 6.92 Å². The maximum Gasteiger partial charge on any atom is 0.257 e. The fourth-order valence-electron chi connectivity index (χ4n) is 2.92. The van der Waals surface area contributed by atoms with E-state index >= 15 is 0 Å². The van der Waals surface area contributed by atoms with Gasteiger partial charge < -0.3 is 4.90 Å². The van der Waals surface area contributed by atoms with Crippen LogP contribution in [-0.2, 0) is 6.42 Å². The van der Waals surface area contributed by atoms with Crippen LogP contribution in [0.2, 0.25) is 0 Å². The molecule has 6 nitrogen and oxygen atoms in total. The summed E-state index contributed by atoms with van der Waals surface area (Å²) in [6, 6.07) is 0.272. The lowest BCUT2D eigenvalue weighted by molar-refractivity contribution is 0.0672. The largest absolute Gasteiger partial charge is 0.336 e. The maximum absolute atomic E-state index is 12.7. The summed E-state index contributed by atoms with van der Waals surface area (Å²) in [6.45, 7) is 5.59. The van der Waals surface area contributed by atoms with Crippen LogP contribution in [0.25, 0.3) is 0 Å². The molecule has 0 unspecified atom stereocenters. The van der Waals surface area contributed by atoms with E-state index in [4.69, 9.17) is 0 Å². The Morgan fingerprint density at radius 2 is 2.33 bits per heavy atom. The standard InChI is InChI=1S/C15H21N5O/c1-3-14-13(8-16-18-14)15(21)19-6-4-5-12(10-19)20-9-11(2)7-17-20/h7-9,12H,3-6,10H2,1-2H3,(H,16,18)/t12-/m1/s1. The van der Waals surface area contributed by atoms with Crippen molar-refractivity contribution in [1.82, 2.24) is 24.9 Å². The highest BCUT2D eigenvalue weighted by molar-refractivity contribution is 5.95. The summed E-state index contributed by atoms with van der Waals surface area (Å²) < 4.78 is 1.99. The van der Waals surface area contributed by atoms with E-state index in [0.717, 1.165) is 37.1 Å². The molecule has 1 atom stereocenters. The number of nitrogens with zero attached hydrogens (tertiary/aromatic N) is 4. The van der Waals surface area contributed by atoms with Crippen LogP contribution in [0.3, 0.4) is 0 Å². The quantitative estimate of drug-likeness (QED) is 0.938. The molecule has 0 aromatic carbocycles. The van der Waals surface area contributed by atoms with Gasteiger partial charge in [0.25, 0.3) is 5.91 Å². The zero-order chi connectivity index (χ0) is 14.8. The summed E-state index contributed by atoms with van der Waals surface area (Å²) in [5, 5.41) is 11.3. The molecular weight excluding hydrogens is 266 g/mol. The van der Waals surface area contributed by atoms with Gasteiger partial charge in [-0.2, -0.15) is 10.2 Å². The zero-order valence-electron chi connectivity index (χ0n) is 12.5. The Morgan fingerprint density at radius 3 is 3.05 bits per heavy atom. The maximum atomic E-state index is 12.7. The predicted molar refractivity (Wildman–Crippen MR) is 79.1 cm³/mol. The first kappa shape index (κ1) is 13.9. The van der Waals surface area contributed by atoms with E-state index in [2.05, 4.69) is 15.3 Å². The topological polar surface area (TPSA) is 66.8 Å². The number of aryl methyl sites for hydroxylation is 2. The number of rotatable bonds is 3. The molecule has 0 radical (unpaired) electrons. The van der Waals surface area contributed by atoms with Crippen LogP contribution in [-0.4, -0.2) is 43.9 Å². The molecule has 3 rings (SSSR count). The van der Waals surface area contributed by atoms with Crippen LogP contribution >= 0.6 is 0 Å². The lowest BCUT2D eigenvalue weighted by Crippen LogP contribution is -2.41. The fraction of sp³-hybridized carbons (Fsp3) is 0.533. The number of piperidine rings is 1. The van der Waals surface area contributed by atoms with Gasteiger partial charge in [0.2, 0.25) is 0 Å². The minimum Gasteiger partial charge on any atom is -0.336 e. The Balaban J connectivity index is 1.75. The van der Waals surface area contributed by atoms with Gasteiger partial charge >= 0.3 is 0 Å². The van der Waals surface area contributed by atoms with Gasteiger partial charge in [0, 0.05) is 25.0 Å². The lowest BCUT2D eigenvalue weighted by atomic mass is 10.0. The van der Waals surface area contributed by atoms with Gasteiger partial charge in [-0.1, -0.05) is 6.92 Å². The SMILES string of the molecule is CCc1[nH]ncc1C(=O)N1CCC[C@@H](n2cc(C)cn2)C1. The smallest absolute Gasteiger partial charge is 0.257 e. The summed E-state index contributed by atoms with van der Waals surface area (Å²) >= 11 is 0. The minimum absolute atomic E-state index is 0.0779. The molecule has 2 aromatic rings. The summed E-state index contributed by atoms with van der Waals surface area (Å²) in [5.74, 6) is 0.0779. The second kappa shape index (κ2) is 5.71. The van der Waals surface area contributed by atoms with Crippen LogP contribution in [0.4, 0.5) is 0 Å². The van der Waals surface area contributed by atoms with Crippen LogP contribution in [0.5, 0.6) is 0 Å². The molecule has 1 aliphatic rings. The van der Waals surface area contributed by atoms with E-state index in [1.165, 1.54) is 0 Å². The van der Waals surface area contributed by atoms with Crippen molar-refractivity contribution in [1.29, 1.82) is 0 Å². The fourth-order valence-corrected chi connectivity index (χ4v) is 2.92. The Bertz CT molecular complexity index is 630. The van der Waals surface area contributed by atoms with Gasteiger partial charge in [-0.25, -0.2) is 0 Å². The van der Waals surface area contributed by atoms with Crippen molar-refractivity contribution in [3.8, 4) is 0 Å². The van der Waals surface area contributed by atoms with Gasteiger partial charge in [-0.05, 0) is 31.7 Å². The first-order valence-corrected chi connectivity index (χ1v) is 7.51. The van der Waals surface area contributed by atoms with E-state index < -0.39 is 0 Å². The van der Waals surface area contributed by atoms with Crippen molar-refractivity contribution in [3.05, 3.63) is 35.4 Å². The van der Waals surface area contributed by atoms with E-state index in [1.807, 2.05) is 35.8 Å². The molecule has 0 saturated carbocycles. The van der Waals surface area contributed by atoms with Crippen molar-refractivity contribution < 1.29 is 4.79 Å². The monoisotopic (exact) mass is 287 g/mol. The molecule has 0 aliphatic carbocycles. The summed E-state index contributed by atoms with van der Waals surface area (Å²) in [6.07, 6.45) is 8.42. The van der Waals surface area contributed by atoms with Gasteiger partial charge in [0.1, 0.15) is 0 Å². The molecular formula is C15H21N5O. The Kier molecular flexibility index (Phi) is 3.77. The number of H-pyrrole nitrogens is 1. The molecule has 21 heavy (non-hydrogen) atoms. The third kappa shape index (κ3) is 2.70. The third-order valence-electron chi connectivity index (χ3n) is 4.09. The Labute approximate surface area is 124 Å². The summed E-state index contributed by atoms with van der Waals surface area (Å²) in [7, 11) is 0. The first-order valence-electron chi connectivity index (χ1n) is 7.51. The molecule has 1 aliphatic heterocycles. The second-order valence-electron chi connectivity index (χ2n) is 5.66. The number of hydrogen-bond donors (Lipinski definition) is 1. The van der Waals surface area contributed by atoms with Crippen molar-refractivity contribution in [2.75, 3.05) is 13.1 Å². The Morgan fingerprint density at radius 1 is 1.48 bits per heavy atom. The van der Waals surface area contributed by atoms with Gasteiger partial charge in [0.15, 0.2) is 0 Å². The van der Waals surface area contributed by atoms with Crippen molar-refractivity contribution in [2.45, 2.75) is 39.2 Å². The normalized spacial score (nSPS) is 19.0. The molecule has 1 fully saturated rings. The molecule has 112 valence electrons.